The Hall–Kier alpha value is -2.37. The number of anilines is 1. The minimum absolute atomic E-state index is 0.134. The number of hydrogen-bond donors (Lipinski definition) is 1. The van der Waals surface area contributed by atoms with E-state index in [1.807, 2.05) is 18.2 Å². The van der Waals surface area contributed by atoms with Crippen LogP contribution in [0.2, 0.25) is 0 Å². The number of rotatable bonds is 4. The summed E-state index contributed by atoms with van der Waals surface area (Å²) in [7, 11) is 0. The van der Waals surface area contributed by atoms with Gasteiger partial charge in [0, 0.05) is 44.2 Å². The lowest BCUT2D eigenvalue weighted by Crippen LogP contribution is -2.33. The molecule has 2 fully saturated rings. The fourth-order valence-electron chi connectivity index (χ4n) is 3.90. The normalized spacial score (nSPS) is 19.0. The van der Waals surface area contributed by atoms with E-state index < -0.39 is 0 Å². The molecule has 25 heavy (non-hydrogen) atoms. The van der Waals surface area contributed by atoms with Crippen LogP contribution in [0.15, 0.2) is 30.5 Å². The van der Waals surface area contributed by atoms with Crippen LogP contribution in [0.25, 0.3) is 0 Å². The van der Waals surface area contributed by atoms with E-state index in [1.54, 1.807) is 17.2 Å². The molecule has 5 nitrogen and oxygen atoms in total. The molecule has 1 amide bonds. The van der Waals surface area contributed by atoms with Gasteiger partial charge in [-0.1, -0.05) is 12.1 Å². The van der Waals surface area contributed by atoms with Gasteiger partial charge in [0.15, 0.2) is 0 Å². The minimum atomic E-state index is -0.187. The lowest BCUT2D eigenvalue weighted by Gasteiger charge is -2.32. The number of piperidine rings is 1. The van der Waals surface area contributed by atoms with Crippen LogP contribution in [-0.4, -0.2) is 40.6 Å². The van der Waals surface area contributed by atoms with Crippen molar-refractivity contribution in [1.29, 1.82) is 0 Å². The monoisotopic (exact) mass is 342 g/mol. The maximum Gasteiger partial charge on any atom is 0.222 e. The fourth-order valence-corrected chi connectivity index (χ4v) is 3.90. The molecule has 0 saturated carbocycles. The van der Waals surface area contributed by atoms with Crippen molar-refractivity contribution in [3.63, 3.8) is 0 Å². The maximum absolute atomic E-state index is 14.5. The summed E-state index contributed by atoms with van der Waals surface area (Å²) >= 11 is 0. The first-order valence-corrected chi connectivity index (χ1v) is 9.01. The van der Waals surface area contributed by atoms with Gasteiger partial charge in [0.2, 0.25) is 5.91 Å². The van der Waals surface area contributed by atoms with Crippen molar-refractivity contribution >= 4 is 11.7 Å². The van der Waals surface area contributed by atoms with Crippen LogP contribution in [0.5, 0.6) is 0 Å². The summed E-state index contributed by atoms with van der Waals surface area (Å²) in [6.45, 7) is 3.02. The molecule has 0 atom stereocenters. The maximum atomic E-state index is 14.5. The Labute approximate surface area is 146 Å². The van der Waals surface area contributed by atoms with E-state index in [-0.39, 0.29) is 11.7 Å². The highest BCUT2D eigenvalue weighted by atomic mass is 19.1. The van der Waals surface area contributed by atoms with Crippen molar-refractivity contribution in [2.75, 3.05) is 24.5 Å². The topological polar surface area (TPSA) is 52.2 Å². The molecule has 2 aliphatic heterocycles. The smallest absolute Gasteiger partial charge is 0.222 e. The summed E-state index contributed by atoms with van der Waals surface area (Å²) in [4.78, 5) is 15.8. The molecule has 1 aromatic heterocycles. The third kappa shape index (κ3) is 3.38. The van der Waals surface area contributed by atoms with E-state index >= 15 is 0 Å². The van der Waals surface area contributed by atoms with Gasteiger partial charge in [-0.3, -0.25) is 9.89 Å². The molecule has 0 aliphatic carbocycles. The Kier molecular flexibility index (Phi) is 4.42. The van der Waals surface area contributed by atoms with Crippen LogP contribution in [-0.2, 0) is 11.3 Å². The number of aromatic nitrogens is 2. The van der Waals surface area contributed by atoms with Crippen molar-refractivity contribution in [2.45, 2.75) is 38.1 Å². The van der Waals surface area contributed by atoms with Crippen molar-refractivity contribution in [3.8, 4) is 0 Å². The molecule has 2 aromatic rings. The first-order chi connectivity index (χ1) is 12.2. The van der Waals surface area contributed by atoms with Gasteiger partial charge in [-0.2, -0.15) is 5.10 Å². The lowest BCUT2D eigenvalue weighted by molar-refractivity contribution is -0.128. The number of aromatic amines is 1. The highest BCUT2D eigenvalue weighted by molar-refractivity contribution is 5.78. The highest BCUT2D eigenvalue weighted by Gasteiger charge is 2.24. The van der Waals surface area contributed by atoms with Crippen LogP contribution in [0, 0.1) is 5.82 Å². The minimum Gasteiger partial charge on any atom is -0.357 e. The summed E-state index contributed by atoms with van der Waals surface area (Å²) in [5, 5.41) is 7.00. The quantitative estimate of drug-likeness (QED) is 0.929. The van der Waals surface area contributed by atoms with Crippen molar-refractivity contribution in [1.82, 2.24) is 15.1 Å². The van der Waals surface area contributed by atoms with Crippen molar-refractivity contribution < 1.29 is 9.18 Å². The second-order valence-electron chi connectivity index (χ2n) is 6.97. The number of nitrogens with one attached hydrogen (secondary N) is 1. The number of benzene rings is 1. The predicted molar refractivity (Wildman–Crippen MR) is 93.8 cm³/mol. The van der Waals surface area contributed by atoms with Gasteiger partial charge in [0.25, 0.3) is 0 Å². The van der Waals surface area contributed by atoms with E-state index in [9.17, 15) is 9.18 Å². The third-order valence-electron chi connectivity index (χ3n) is 5.40. The molecule has 132 valence electrons. The zero-order chi connectivity index (χ0) is 17.2. The molecule has 1 aromatic carbocycles. The van der Waals surface area contributed by atoms with Gasteiger partial charge in [-0.25, -0.2) is 4.39 Å². The Morgan fingerprint density at radius 2 is 2.04 bits per heavy atom. The largest absolute Gasteiger partial charge is 0.357 e. The van der Waals surface area contributed by atoms with E-state index in [0.717, 1.165) is 50.3 Å². The van der Waals surface area contributed by atoms with Crippen LogP contribution in [0.3, 0.4) is 0 Å². The Bertz CT molecular complexity index is 738. The molecule has 6 heteroatoms. The highest BCUT2D eigenvalue weighted by Crippen LogP contribution is 2.31. The summed E-state index contributed by atoms with van der Waals surface area (Å²) in [5.74, 6) is 1.38. The van der Waals surface area contributed by atoms with E-state index in [0.29, 0.717) is 24.4 Å². The zero-order valence-corrected chi connectivity index (χ0v) is 14.2. The van der Waals surface area contributed by atoms with Gasteiger partial charge < -0.3 is 9.80 Å². The summed E-state index contributed by atoms with van der Waals surface area (Å²) < 4.78 is 14.5. The van der Waals surface area contributed by atoms with E-state index in [4.69, 9.17) is 0 Å². The van der Waals surface area contributed by atoms with Crippen molar-refractivity contribution in [3.05, 3.63) is 47.4 Å². The van der Waals surface area contributed by atoms with Gasteiger partial charge in [0.1, 0.15) is 11.6 Å². The molecule has 0 unspecified atom stereocenters. The molecule has 2 aliphatic rings. The van der Waals surface area contributed by atoms with Crippen LogP contribution >= 0.6 is 0 Å². The molecular weight excluding hydrogens is 319 g/mol. The SMILES string of the molecule is O=C1CCCN1Cc1ccc(C2CCN(c3ccn[nH]3)CC2)cc1F. The lowest BCUT2D eigenvalue weighted by atomic mass is 9.89. The van der Waals surface area contributed by atoms with Crippen LogP contribution in [0.1, 0.15) is 42.7 Å². The number of carbonyl (C=O) groups is 1. The molecule has 1 N–H and O–H groups in total. The number of nitrogens with zero attached hydrogens (tertiary/aromatic N) is 3. The van der Waals surface area contributed by atoms with Crippen LogP contribution < -0.4 is 4.90 Å². The first-order valence-electron chi connectivity index (χ1n) is 9.01. The number of likely N-dealkylation sites (tertiary alicyclic amines) is 1. The second-order valence-corrected chi connectivity index (χ2v) is 6.97. The summed E-state index contributed by atoms with van der Waals surface area (Å²) in [5.41, 5.74) is 1.69. The van der Waals surface area contributed by atoms with Gasteiger partial charge >= 0.3 is 0 Å². The Morgan fingerprint density at radius 1 is 1.20 bits per heavy atom. The first kappa shape index (κ1) is 16.1. The molecule has 3 heterocycles. The summed E-state index contributed by atoms with van der Waals surface area (Å²) in [6, 6.07) is 7.55. The Morgan fingerprint density at radius 3 is 2.68 bits per heavy atom. The molecule has 0 radical (unpaired) electrons. The number of hydrogen-bond acceptors (Lipinski definition) is 3. The Balaban J connectivity index is 1.40. The molecule has 4 rings (SSSR count). The second kappa shape index (κ2) is 6.86. The zero-order valence-electron chi connectivity index (χ0n) is 14.2. The fraction of sp³-hybridized carbons (Fsp3) is 0.474. The molecular formula is C19H23FN4O. The van der Waals surface area contributed by atoms with E-state index in [1.165, 1.54) is 0 Å². The third-order valence-corrected chi connectivity index (χ3v) is 5.40. The molecule has 0 bridgehead atoms. The van der Waals surface area contributed by atoms with Gasteiger partial charge in [-0.05, 0) is 36.8 Å². The number of halogens is 1. The van der Waals surface area contributed by atoms with Gasteiger partial charge in [0.05, 0.1) is 6.20 Å². The number of amides is 1. The summed E-state index contributed by atoms with van der Waals surface area (Å²) in [6.07, 6.45) is 5.24. The molecule has 2 saturated heterocycles. The number of carbonyl (C=O) groups excluding carboxylic acids is 1. The average molecular weight is 342 g/mol. The van der Waals surface area contributed by atoms with Gasteiger partial charge in [-0.15, -0.1) is 0 Å². The van der Waals surface area contributed by atoms with Crippen LogP contribution in [0.4, 0.5) is 10.2 Å². The standard InChI is InChI=1S/C19H23FN4O/c20-17-12-15(3-4-16(17)13-24-9-1-2-19(24)25)14-6-10-23(11-7-14)18-5-8-21-22-18/h3-5,8,12,14H,1-2,6-7,9-11,13H2,(H,21,22). The average Bonchev–Trinajstić information content (AvgIpc) is 3.29. The van der Waals surface area contributed by atoms with E-state index in [2.05, 4.69) is 15.1 Å². The molecule has 0 spiro atoms. The number of H-pyrrole nitrogens is 1. The van der Waals surface area contributed by atoms with Crippen molar-refractivity contribution in [2.24, 2.45) is 0 Å². The predicted octanol–water partition coefficient (Wildman–Crippen LogP) is 3.06.